The third-order valence-corrected chi connectivity index (χ3v) is 2.11. The van der Waals surface area contributed by atoms with Crippen LogP contribution in [0.3, 0.4) is 0 Å². The molecule has 0 radical (unpaired) electrons. The molecular weight excluding hydrogens is 228 g/mol. The summed E-state index contributed by atoms with van der Waals surface area (Å²) < 4.78 is 0. The summed E-state index contributed by atoms with van der Waals surface area (Å²) in [7, 11) is 0. The van der Waals surface area contributed by atoms with Crippen LogP contribution in [0.5, 0.6) is 0 Å². The molecule has 0 aliphatic rings. The highest BCUT2D eigenvalue weighted by atomic mass is 13.8. The molecule has 0 saturated heterocycles. The van der Waals surface area contributed by atoms with E-state index in [4.69, 9.17) is 0 Å². The largest absolute Gasteiger partial charge is 0.0991 e. The molecule has 0 heteroatoms. The highest BCUT2D eigenvalue weighted by molar-refractivity contribution is 5.47. The summed E-state index contributed by atoms with van der Waals surface area (Å²) in [6, 6.07) is 10.3. The highest BCUT2D eigenvalue weighted by Gasteiger charge is 1.77. The van der Waals surface area contributed by atoms with E-state index in [2.05, 4.69) is 37.8 Å². The fraction of sp³-hybridized carbons (Fsp3) is 0.263. The van der Waals surface area contributed by atoms with Gasteiger partial charge in [-0.2, -0.15) is 0 Å². The number of rotatable bonds is 3. The van der Waals surface area contributed by atoms with Crippen LogP contribution in [0, 0.1) is 0 Å². The zero-order chi connectivity index (χ0) is 12.9. The molecule has 0 fully saturated rings. The van der Waals surface area contributed by atoms with Gasteiger partial charge in [-0.05, 0) is 26.3 Å². The van der Waals surface area contributed by atoms with Gasteiger partial charge in [0, 0.05) is 0 Å². The van der Waals surface area contributed by atoms with Crippen LogP contribution in [-0.2, 0) is 0 Å². The van der Waals surface area contributed by atoms with Crippen molar-refractivity contribution in [3.63, 3.8) is 0 Å². The molecule has 0 heterocycles. The second kappa shape index (κ2) is 16.2. The molecule has 1 aromatic carbocycles. The normalized spacial score (nSPS) is 10.2. The average molecular weight is 258 g/mol. The van der Waals surface area contributed by atoms with E-state index in [1.165, 1.54) is 11.1 Å². The van der Waals surface area contributed by atoms with Crippen molar-refractivity contribution in [3.05, 3.63) is 78.4 Å². The Morgan fingerprint density at radius 2 is 1.63 bits per heavy atom. The van der Waals surface area contributed by atoms with Crippen LogP contribution >= 0.6 is 0 Å². The molecule has 0 aliphatic carbocycles. The maximum absolute atomic E-state index is 3.55. The number of hydrogen-bond acceptors (Lipinski definition) is 0. The quantitative estimate of drug-likeness (QED) is 0.530. The molecule has 0 unspecified atom stereocenters. The number of allylic oxidation sites excluding steroid dienone is 6. The summed E-state index contributed by atoms with van der Waals surface area (Å²) in [6.07, 6.45) is 11.9. The van der Waals surface area contributed by atoms with Crippen LogP contribution in [0.2, 0.25) is 0 Å². The molecule has 0 N–H and O–H groups in total. The molecule has 0 saturated carbocycles. The predicted molar refractivity (Wildman–Crippen MR) is 93.4 cm³/mol. The third-order valence-electron chi connectivity index (χ3n) is 2.11. The lowest BCUT2D eigenvalue weighted by Gasteiger charge is -1.86. The van der Waals surface area contributed by atoms with Crippen molar-refractivity contribution in [2.24, 2.45) is 0 Å². The summed E-state index contributed by atoms with van der Waals surface area (Å²) in [4.78, 5) is 0. The summed E-state index contributed by atoms with van der Waals surface area (Å²) in [5.74, 6) is 0. The second-order valence-electron chi connectivity index (χ2n) is 3.54. The van der Waals surface area contributed by atoms with E-state index in [1.807, 2.05) is 50.3 Å². The molecule has 0 nitrogen and oxygen atoms in total. The van der Waals surface area contributed by atoms with Crippen LogP contribution in [0.4, 0.5) is 0 Å². The molecule has 0 atom stereocenters. The van der Waals surface area contributed by atoms with Gasteiger partial charge in [-0.3, -0.25) is 0 Å². The van der Waals surface area contributed by atoms with Crippen molar-refractivity contribution in [2.75, 3.05) is 0 Å². The Bertz CT molecular complexity index is 378. The van der Waals surface area contributed by atoms with Crippen LogP contribution in [0.15, 0.2) is 72.9 Å². The minimum Gasteiger partial charge on any atom is -0.0991 e. The Morgan fingerprint density at radius 1 is 1.05 bits per heavy atom. The molecule has 0 aromatic heterocycles. The van der Waals surface area contributed by atoms with Crippen molar-refractivity contribution >= 4 is 6.08 Å². The first-order valence-corrected chi connectivity index (χ1v) is 5.84. The van der Waals surface area contributed by atoms with E-state index in [1.54, 1.807) is 6.08 Å². The van der Waals surface area contributed by atoms with Crippen LogP contribution in [-0.4, -0.2) is 0 Å². The van der Waals surface area contributed by atoms with E-state index in [0.717, 1.165) is 0 Å². The molecular formula is C19H30. The maximum Gasteiger partial charge on any atom is -0.0260 e. The summed E-state index contributed by atoms with van der Waals surface area (Å²) in [5, 5.41) is 0. The van der Waals surface area contributed by atoms with Crippen molar-refractivity contribution < 1.29 is 0 Å². The molecule has 0 spiro atoms. The molecule has 106 valence electrons. The van der Waals surface area contributed by atoms with E-state index < -0.39 is 0 Å². The first-order valence-electron chi connectivity index (χ1n) is 5.84. The lowest BCUT2D eigenvalue weighted by molar-refractivity contribution is 1.48. The van der Waals surface area contributed by atoms with Gasteiger partial charge in [-0.25, -0.2) is 0 Å². The van der Waals surface area contributed by atoms with Crippen molar-refractivity contribution in [1.82, 2.24) is 0 Å². The molecule has 19 heavy (non-hydrogen) atoms. The monoisotopic (exact) mass is 258 g/mol. The Morgan fingerprint density at radius 3 is 2.05 bits per heavy atom. The smallest absolute Gasteiger partial charge is 0.0260 e. The fourth-order valence-electron chi connectivity index (χ4n) is 1.07. The van der Waals surface area contributed by atoms with Gasteiger partial charge in [-0.15, -0.1) is 0 Å². The van der Waals surface area contributed by atoms with Crippen LogP contribution in [0.25, 0.3) is 6.08 Å². The molecule has 1 aromatic rings. The summed E-state index contributed by atoms with van der Waals surface area (Å²) >= 11 is 0. The minimum absolute atomic E-state index is 0. The Kier molecular flexibility index (Phi) is 19.0. The zero-order valence-corrected chi connectivity index (χ0v) is 11.1. The summed E-state index contributed by atoms with van der Waals surface area (Å²) in [5.41, 5.74) is 2.53. The van der Waals surface area contributed by atoms with Crippen molar-refractivity contribution in [1.29, 1.82) is 0 Å². The van der Waals surface area contributed by atoms with Gasteiger partial charge in [0.25, 0.3) is 0 Å². The lowest BCUT2D eigenvalue weighted by Crippen LogP contribution is -1.65. The highest BCUT2D eigenvalue weighted by Crippen LogP contribution is 1.99. The average Bonchev–Trinajstić information content (AvgIpc) is 2.38. The van der Waals surface area contributed by atoms with Gasteiger partial charge in [-0.1, -0.05) is 93.8 Å². The first kappa shape index (κ1) is 22.4. The minimum atomic E-state index is 0. The lowest BCUT2D eigenvalue weighted by atomic mass is 10.2. The van der Waals surface area contributed by atoms with Gasteiger partial charge in [0.05, 0.1) is 0 Å². The predicted octanol–water partition coefficient (Wildman–Crippen LogP) is 6.69. The third kappa shape index (κ3) is 14.1. The van der Waals surface area contributed by atoms with E-state index in [9.17, 15) is 0 Å². The standard InChI is InChI=1S/C9H10.C8H12.2CH4/c1-2-6-9-7-4-3-5-8-9;1-4-6-7-8(3)5-2;;/h2-8H,1H3;4-7H,1H2,2-3H3;2*1H4/b6-2+;7-6-,8-5-;;. The molecule has 0 bridgehead atoms. The summed E-state index contributed by atoms with van der Waals surface area (Å²) in [6.45, 7) is 9.65. The number of hydrogen-bond donors (Lipinski definition) is 0. The Hall–Kier alpha value is -1.82. The second-order valence-corrected chi connectivity index (χ2v) is 3.54. The van der Waals surface area contributed by atoms with E-state index in [-0.39, 0.29) is 14.9 Å². The Balaban J connectivity index is -0.000000246. The van der Waals surface area contributed by atoms with Gasteiger partial charge in [0.15, 0.2) is 0 Å². The maximum atomic E-state index is 3.55. The SMILES string of the molecule is C.C.C/C=C/c1ccccc1.C=C/C=C\C(C)=C/C. The van der Waals surface area contributed by atoms with Crippen molar-refractivity contribution in [3.8, 4) is 0 Å². The number of benzene rings is 1. The van der Waals surface area contributed by atoms with Gasteiger partial charge < -0.3 is 0 Å². The molecule has 0 amide bonds. The first-order chi connectivity index (χ1) is 8.24. The fourth-order valence-corrected chi connectivity index (χ4v) is 1.07. The topological polar surface area (TPSA) is 0 Å². The Labute approximate surface area is 120 Å². The zero-order valence-electron chi connectivity index (χ0n) is 11.1. The molecule has 1 rings (SSSR count). The van der Waals surface area contributed by atoms with Crippen LogP contribution in [0.1, 0.15) is 41.2 Å². The van der Waals surface area contributed by atoms with Crippen LogP contribution < -0.4 is 0 Å². The van der Waals surface area contributed by atoms with Gasteiger partial charge in [0.2, 0.25) is 0 Å². The van der Waals surface area contributed by atoms with Gasteiger partial charge >= 0.3 is 0 Å². The van der Waals surface area contributed by atoms with Gasteiger partial charge in [0.1, 0.15) is 0 Å². The molecule has 0 aliphatic heterocycles. The van der Waals surface area contributed by atoms with Crippen molar-refractivity contribution in [2.45, 2.75) is 35.6 Å². The van der Waals surface area contributed by atoms with E-state index in [0.29, 0.717) is 0 Å². The van der Waals surface area contributed by atoms with E-state index >= 15 is 0 Å².